The second-order valence-electron chi connectivity index (χ2n) is 6.78. The van der Waals surface area contributed by atoms with Gasteiger partial charge in [0.25, 0.3) is 0 Å². The van der Waals surface area contributed by atoms with Crippen LogP contribution in [0.15, 0.2) is 48.5 Å². The summed E-state index contributed by atoms with van der Waals surface area (Å²) in [4.78, 5) is 12.8. The Kier molecular flexibility index (Phi) is 5.77. The number of hydrogen-bond acceptors (Lipinski definition) is 2. The second-order valence-corrected chi connectivity index (χ2v) is 7.21. The fourth-order valence-electron chi connectivity index (χ4n) is 3.40. The van der Waals surface area contributed by atoms with Crippen LogP contribution in [0.5, 0.6) is 0 Å². The van der Waals surface area contributed by atoms with Crippen molar-refractivity contribution in [3.8, 4) is 0 Å². The van der Waals surface area contributed by atoms with Gasteiger partial charge >= 0.3 is 6.18 Å². The Balaban J connectivity index is 1.71. The molecule has 3 unspecified atom stereocenters. The van der Waals surface area contributed by atoms with Gasteiger partial charge in [-0.15, -0.1) is 0 Å². The largest absolute Gasteiger partial charge is 0.416 e. The number of nitrogens with one attached hydrogen (secondary N) is 2. The van der Waals surface area contributed by atoms with Crippen molar-refractivity contribution < 1.29 is 18.0 Å². The minimum Gasteiger partial charge on any atom is -0.349 e. The van der Waals surface area contributed by atoms with Crippen LogP contribution in [0.3, 0.4) is 0 Å². The molecule has 0 saturated carbocycles. The summed E-state index contributed by atoms with van der Waals surface area (Å²) in [5, 5.41) is 6.74. The molecule has 1 aliphatic heterocycles. The van der Waals surface area contributed by atoms with E-state index in [0.717, 1.165) is 23.3 Å². The normalized spacial score (nSPS) is 21.1. The van der Waals surface area contributed by atoms with Gasteiger partial charge in [-0.25, -0.2) is 0 Å². The maximum Gasteiger partial charge on any atom is 0.416 e. The van der Waals surface area contributed by atoms with E-state index in [2.05, 4.69) is 10.6 Å². The molecule has 3 nitrogen and oxygen atoms in total. The summed E-state index contributed by atoms with van der Waals surface area (Å²) in [6, 6.07) is 12.1. The number of benzene rings is 2. The minimum atomic E-state index is -4.37. The van der Waals surface area contributed by atoms with E-state index in [4.69, 9.17) is 11.6 Å². The zero-order chi connectivity index (χ0) is 19.6. The molecule has 3 atom stereocenters. The number of amides is 1. The van der Waals surface area contributed by atoms with Gasteiger partial charge < -0.3 is 10.6 Å². The van der Waals surface area contributed by atoms with E-state index < -0.39 is 11.7 Å². The van der Waals surface area contributed by atoms with Gasteiger partial charge in [0.15, 0.2) is 0 Å². The summed E-state index contributed by atoms with van der Waals surface area (Å²) >= 11 is 6.00. The average molecular weight is 397 g/mol. The molecule has 1 amide bonds. The van der Waals surface area contributed by atoms with E-state index in [-0.39, 0.29) is 23.8 Å². The Morgan fingerprint density at radius 2 is 1.89 bits per heavy atom. The van der Waals surface area contributed by atoms with Gasteiger partial charge in [-0.1, -0.05) is 35.9 Å². The third kappa shape index (κ3) is 4.62. The zero-order valence-corrected chi connectivity index (χ0v) is 15.4. The highest BCUT2D eigenvalue weighted by Gasteiger charge is 2.35. The highest BCUT2D eigenvalue weighted by atomic mass is 35.5. The van der Waals surface area contributed by atoms with E-state index in [0.29, 0.717) is 18.1 Å². The van der Waals surface area contributed by atoms with Crippen LogP contribution in [-0.2, 0) is 11.0 Å². The monoisotopic (exact) mass is 396 g/mol. The van der Waals surface area contributed by atoms with Crippen molar-refractivity contribution in [1.82, 2.24) is 10.6 Å². The van der Waals surface area contributed by atoms with Crippen molar-refractivity contribution in [1.29, 1.82) is 0 Å². The van der Waals surface area contributed by atoms with Crippen LogP contribution < -0.4 is 10.6 Å². The first-order valence-electron chi connectivity index (χ1n) is 8.69. The number of halogens is 4. The highest BCUT2D eigenvalue weighted by molar-refractivity contribution is 6.30. The van der Waals surface area contributed by atoms with Crippen LogP contribution in [0.2, 0.25) is 5.02 Å². The standard InChI is InChI=1S/C20H20ClF3N2O/c1-12(14-3-2-4-16(21)9-14)26-19(27)18-11-25-10-17(18)13-5-7-15(8-6-13)20(22,23)24/h2-9,12,17-18,25H,10-11H2,1H3,(H,26,27). The van der Waals surface area contributed by atoms with Crippen LogP contribution in [0.25, 0.3) is 0 Å². The Hall–Kier alpha value is -2.05. The Bertz CT molecular complexity index is 808. The summed E-state index contributed by atoms with van der Waals surface area (Å²) in [6.45, 7) is 2.91. The quantitative estimate of drug-likeness (QED) is 0.796. The molecule has 2 aromatic carbocycles. The third-order valence-corrected chi connectivity index (χ3v) is 5.16. The molecule has 1 saturated heterocycles. The van der Waals surface area contributed by atoms with Gasteiger partial charge in [-0.05, 0) is 42.3 Å². The molecule has 0 radical (unpaired) electrons. The van der Waals surface area contributed by atoms with Crippen molar-refractivity contribution in [3.05, 3.63) is 70.2 Å². The highest BCUT2D eigenvalue weighted by Crippen LogP contribution is 2.33. The van der Waals surface area contributed by atoms with Crippen molar-refractivity contribution in [2.45, 2.75) is 25.1 Å². The van der Waals surface area contributed by atoms with Gasteiger partial charge in [0, 0.05) is 24.0 Å². The maximum absolute atomic E-state index is 12.8. The first-order valence-corrected chi connectivity index (χ1v) is 9.07. The molecule has 2 N–H and O–H groups in total. The molecule has 1 heterocycles. The first-order chi connectivity index (χ1) is 12.8. The van der Waals surface area contributed by atoms with Crippen molar-refractivity contribution in [3.63, 3.8) is 0 Å². The number of hydrogen-bond donors (Lipinski definition) is 2. The fraction of sp³-hybridized carbons (Fsp3) is 0.350. The van der Waals surface area contributed by atoms with Gasteiger partial charge in [-0.3, -0.25) is 4.79 Å². The molecule has 7 heteroatoms. The zero-order valence-electron chi connectivity index (χ0n) is 14.7. The SMILES string of the molecule is CC(NC(=O)C1CNCC1c1ccc(C(F)(F)F)cc1)c1cccc(Cl)c1. The van der Waals surface area contributed by atoms with Crippen LogP contribution in [0, 0.1) is 5.92 Å². The molecule has 1 aliphatic rings. The average Bonchev–Trinajstić information content (AvgIpc) is 3.11. The number of carbonyl (C=O) groups excluding carboxylic acids is 1. The topological polar surface area (TPSA) is 41.1 Å². The predicted molar refractivity (Wildman–Crippen MR) is 98.6 cm³/mol. The molecule has 3 rings (SSSR count). The summed E-state index contributed by atoms with van der Waals surface area (Å²) in [6.07, 6.45) is -4.37. The number of rotatable bonds is 4. The molecule has 0 aromatic heterocycles. The van der Waals surface area contributed by atoms with Crippen molar-refractivity contribution >= 4 is 17.5 Å². The third-order valence-electron chi connectivity index (χ3n) is 4.92. The molecule has 27 heavy (non-hydrogen) atoms. The summed E-state index contributed by atoms with van der Waals surface area (Å²) < 4.78 is 38.2. The number of alkyl halides is 3. The van der Waals surface area contributed by atoms with E-state index >= 15 is 0 Å². The summed E-state index contributed by atoms with van der Waals surface area (Å²) in [7, 11) is 0. The molecule has 0 bridgehead atoms. The minimum absolute atomic E-state index is 0.127. The fourth-order valence-corrected chi connectivity index (χ4v) is 3.60. The molecule has 144 valence electrons. The second kappa shape index (κ2) is 7.90. The van der Waals surface area contributed by atoms with Gasteiger partial charge in [-0.2, -0.15) is 13.2 Å². The summed E-state index contributed by atoms with van der Waals surface area (Å²) in [5.74, 6) is -0.639. The lowest BCUT2D eigenvalue weighted by molar-refractivity contribution is -0.137. The maximum atomic E-state index is 12.8. The smallest absolute Gasteiger partial charge is 0.349 e. The van der Waals surface area contributed by atoms with Crippen LogP contribution in [0.1, 0.15) is 35.6 Å². The van der Waals surface area contributed by atoms with E-state index in [1.165, 1.54) is 12.1 Å². The molecule has 2 aromatic rings. The van der Waals surface area contributed by atoms with E-state index in [1.807, 2.05) is 19.1 Å². The van der Waals surface area contributed by atoms with E-state index in [9.17, 15) is 18.0 Å². The molecular formula is C20H20ClF3N2O. The lowest BCUT2D eigenvalue weighted by Gasteiger charge is -2.22. The Morgan fingerprint density at radius 1 is 1.19 bits per heavy atom. The van der Waals surface area contributed by atoms with Gasteiger partial charge in [0.1, 0.15) is 0 Å². The first kappa shape index (κ1) is 19.7. The predicted octanol–water partition coefficient (Wildman–Crippen LogP) is 4.54. The van der Waals surface area contributed by atoms with Gasteiger partial charge in [0.05, 0.1) is 17.5 Å². The van der Waals surface area contributed by atoms with Crippen molar-refractivity contribution in [2.24, 2.45) is 5.92 Å². The lowest BCUT2D eigenvalue weighted by Crippen LogP contribution is -2.36. The van der Waals surface area contributed by atoms with E-state index in [1.54, 1.807) is 12.1 Å². The Labute approximate surface area is 160 Å². The van der Waals surface area contributed by atoms with Crippen LogP contribution in [0.4, 0.5) is 13.2 Å². The lowest BCUT2D eigenvalue weighted by atomic mass is 9.87. The summed E-state index contributed by atoms with van der Waals surface area (Å²) in [5.41, 5.74) is 0.934. The van der Waals surface area contributed by atoms with Crippen LogP contribution in [-0.4, -0.2) is 19.0 Å². The molecule has 0 aliphatic carbocycles. The van der Waals surface area contributed by atoms with Crippen LogP contribution >= 0.6 is 11.6 Å². The number of carbonyl (C=O) groups is 1. The molecule has 0 spiro atoms. The Morgan fingerprint density at radius 3 is 2.52 bits per heavy atom. The van der Waals surface area contributed by atoms with Crippen molar-refractivity contribution in [2.75, 3.05) is 13.1 Å². The molecular weight excluding hydrogens is 377 g/mol. The van der Waals surface area contributed by atoms with Gasteiger partial charge in [0.2, 0.25) is 5.91 Å². The molecule has 1 fully saturated rings.